The van der Waals surface area contributed by atoms with Crippen molar-refractivity contribution in [1.82, 2.24) is 10.3 Å². The monoisotopic (exact) mass is 254 g/mol. The van der Waals surface area contributed by atoms with Crippen LogP contribution < -0.4 is 5.32 Å². The molecule has 4 heteroatoms. The number of aromatic nitrogens is 1. The minimum atomic E-state index is -0.214. The van der Waals surface area contributed by atoms with Crippen molar-refractivity contribution in [2.24, 2.45) is 0 Å². The van der Waals surface area contributed by atoms with Gasteiger partial charge in [-0.3, -0.25) is 14.6 Å². The van der Waals surface area contributed by atoms with Crippen LogP contribution in [0.1, 0.15) is 33.3 Å². The van der Waals surface area contributed by atoms with Gasteiger partial charge in [0.25, 0.3) is 5.91 Å². The molecule has 0 radical (unpaired) electrons. The quantitative estimate of drug-likeness (QED) is 0.851. The summed E-state index contributed by atoms with van der Waals surface area (Å²) >= 11 is 0. The molecule has 0 fully saturated rings. The molecule has 4 nitrogen and oxygen atoms in total. The zero-order valence-electron chi connectivity index (χ0n) is 10.6. The average molecular weight is 254 g/mol. The van der Waals surface area contributed by atoms with Crippen LogP contribution in [0.2, 0.25) is 0 Å². The normalized spacial score (nSPS) is 9.95. The van der Waals surface area contributed by atoms with E-state index in [1.54, 1.807) is 30.5 Å². The van der Waals surface area contributed by atoms with E-state index in [1.165, 1.54) is 6.92 Å². The second-order valence-corrected chi connectivity index (χ2v) is 4.14. The van der Waals surface area contributed by atoms with Gasteiger partial charge in [-0.1, -0.05) is 18.2 Å². The number of benzene rings is 1. The Morgan fingerprint density at radius 3 is 2.58 bits per heavy atom. The number of hydrogen-bond acceptors (Lipinski definition) is 3. The number of nitrogens with one attached hydrogen (secondary N) is 1. The Bertz CT molecular complexity index is 594. The molecule has 96 valence electrons. The molecular weight excluding hydrogens is 240 g/mol. The Labute approximate surface area is 111 Å². The molecule has 0 bridgehead atoms. The third-order valence-electron chi connectivity index (χ3n) is 2.69. The van der Waals surface area contributed by atoms with E-state index < -0.39 is 0 Å². The van der Waals surface area contributed by atoms with Gasteiger partial charge in [-0.05, 0) is 31.2 Å². The van der Waals surface area contributed by atoms with Crippen molar-refractivity contribution < 1.29 is 9.59 Å². The number of pyridine rings is 1. The summed E-state index contributed by atoms with van der Waals surface area (Å²) in [4.78, 5) is 27.3. The number of carbonyl (C=O) groups excluding carboxylic acids is 2. The molecule has 0 saturated carbocycles. The van der Waals surface area contributed by atoms with Crippen LogP contribution in [0.3, 0.4) is 0 Å². The second-order valence-electron chi connectivity index (χ2n) is 4.14. The summed E-state index contributed by atoms with van der Waals surface area (Å²) in [6, 6.07) is 12.2. The standard InChI is InChI=1S/C15H14N2O2/c1-11(18)12-5-4-6-13(9-12)15(19)17-10-14-7-2-3-8-16-14/h2-9H,10H2,1H3,(H,17,19). The van der Waals surface area contributed by atoms with Crippen molar-refractivity contribution in [2.75, 3.05) is 0 Å². The third-order valence-corrected chi connectivity index (χ3v) is 2.69. The van der Waals surface area contributed by atoms with E-state index in [4.69, 9.17) is 0 Å². The lowest BCUT2D eigenvalue weighted by Gasteiger charge is -2.05. The fourth-order valence-electron chi connectivity index (χ4n) is 1.66. The summed E-state index contributed by atoms with van der Waals surface area (Å²) in [5.74, 6) is -0.270. The fourth-order valence-corrected chi connectivity index (χ4v) is 1.66. The van der Waals surface area contributed by atoms with Crippen LogP contribution in [0.15, 0.2) is 48.7 Å². The van der Waals surface area contributed by atoms with Gasteiger partial charge in [0.05, 0.1) is 12.2 Å². The van der Waals surface area contributed by atoms with Gasteiger partial charge in [0.15, 0.2) is 5.78 Å². The summed E-state index contributed by atoms with van der Waals surface area (Å²) in [6.07, 6.45) is 1.68. The summed E-state index contributed by atoms with van der Waals surface area (Å²) in [5, 5.41) is 2.77. The Hall–Kier alpha value is -2.49. The Kier molecular flexibility index (Phi) is 4.03. The van der Waals surface area contributed by atoms with Gasteiger partial charge in [-0.25, -0.2) is 0 Å². The number of hydrogen-bond donors (Lipinski definition) is 1. The molecule has 2 rings (SSSR count). The molecule has 1 heterocycles. The van der Waals surface area contributed by atoms with Gasteiger partial charge in [-0.15, -0.1) is 0 Å². The summed E-state index contributed by atoms with van der Waals surface area (Å²) < 4.78 is 0. The minimum Gasteiger partial charge on any atom is -0.346 e. The van der Waals surface area contributed by atoms with Crippen LogP contribution in [0.4, 0.5) is 0 Å². The molecule has 1 amide bonds. The summed E-state index contributed by atoms with van der Waals surface area (Å²) in [7, 11) is 0. The van der Waals surface area contributed by atoms with Gasteiger partial charge in [0.2, 0.25) is 0 Å². The molecule has 1 N–H and O–H groups in total. The molecule has 1 aromatic carbocycles. The van der Waals surface area contributed by atoms with E-state index in [0.717, 1.165) is 5.69 Å². The maximum Gasteiger partial charge on any atom is 0.251 e. The lowest BCUT2D eigenvalue weighted by molar-refractivity contribution is 0.0950. The number of carbonyl (C=O) groups is 2. The fraction of sp³-hybridized carbons (Fsp3) is 0.133. The minimum absolute atomic E-state index is 0.0561. The van der Waals surface area contributed by atoms with Crippen LogP contribution >= 0.6 is 0 Å². The van der Waals surface area contributed by atoms with E-state index in [-0.39, 0.29) is 11.7 Å². The van der Waals surface area contributed by atoms with Gasteiger partial charge in [-0.2, -0.15) is 0 Å². The number of nitrogens with zero attached hydrogens (tertiary/aromatic N) is 1. The topological polar surface area (TPSA) is 59.1 Å². The van der Waals surface area contributed by atoms with Crippen molar-refractivity contribution in [3.8, 4) is 0 Å². The highest BCUT2D eigenvalue weighted by Crippen LogP contribution is 2.06. The predicted molar refractivity (Wildman–Crippen MR) is 71.9 cm³/mol. The zero-order chi connectivity index (χ0) is 13.7. The predicted octanol–water partition coefficient (Wildman–Crippen LogP) is 2.21. The van der Waals surface area contributed by atoms with Crippen LogP contribution in [0.25, 0.3) is 0 Å². The Morgan fingerprint density at radius 1 is 1.11 bits per heavy atom. The molecule has 0 aliphatic carbocycles. The Morgan fingerprint density at radius 2 is 1.89 bits per heavy atom. The SMILES string of the molecule is CC(=O)c1cccc(C(=O)NCc2ccccn2)c1. The number of rotatable bonds is 4. The molecule has 2 aromatic rings. The second kappa shape index (κ2) is 5.91. The molecular formula is C15H14N2O2. The molecule has 0 spiro atoms. The summed E-state index contributed by atoms with van der Waals surface area (Å²) in [6.45, 7) is 1.84. The van der Waals surface area contributed by atoms with Gasteiger partial charge in [0, 0.05) is 17.3 Å². The highest BCUT2D eigenvalue weighted by molar-refractivity contribution is 5.99. The lowest BCUT2D eigenvalue weighted by atomic mass is 10.1. The smallest absolute Gasteiger partial charge is 0.251 e. The maximum absolute atomic E-state index is 11.9. The Balaban J connectivity index is 2.04. The zero-order valence-corrected chi connectivity index (χ0v) is 10.6. The highest BCUT2D eigenvalue weighted by atomic mass is 16.1. The van der Waals surface area contributed by atoms with Gasteiger partial charge >= 0.3 is 0 Å². The lowest BCUT2D eigenvalue weighted by Crippen LogP contribution is -2.23. The average Bonchev–Trinajstić information content (AvgIpc) is 2.46. The highest BCUT2D eigenvalue weighted by Gasteiger charge is 2.07. The molecule has 0 atom stereocenters. The summed E-state index contributed by atoms with van der Waals surface area (Å²) in [5.41, 5.74) is 1.80. The largest absolute Gasteiger partial charge is 0.346 e. The molecule has 0 saturated heterocycles. The molecule has 0 unspecified atom stereocenters. The van der Waals surface area contributed by atoms with Crippen molar-refractivity contribution in [1.29, 1.82) is 0 Å². The number of amides is 1. The molecule has 0 aliphatic rings. The van der Waals surface area contributed by atoms with Gasteiger partial charge < -0.3 is 5.32 Å². The van der Waals surface area contributed by atoms with Crippen molar-refractivity contribution >= 4 is 11.7 Å². The van der Waals surface area contributed by atoms with E-state index in [2.05, 4.69) is 10.3 Å². The van der Waals surface area contributed by atoms with Crippen molar-refractivity contribution in [2.45, 2.75) is 13.5 Å². The van der Waals surface area contributed by atoms with Crippen LogP contribution in [-0.2, 0) is 6.54 Å². The molecule has 19 heavy (non-hydrogen) atoms. The number of Topliss-reactive ketones (excluding diaryl/α,β-unsaturated/α-hetero) is 1. The van der Waals surface area contributed by atoms with Crippen molar-refractivity contribution in [3.05, 3.63) is 65.5 Å². The van der Waals surface area contributed by atoms with E-state index in [9.17, 15) is 9.59 Å². The van der Waals surface area contributed by atoms with E-state index >= 15 is 0 Å². The van der Waals surface area contributed by atoms with E-state index in [1.807, 2.05) is 18.2 Å². The molecule has 0 aliphatic heterocycles. The first-order valence-electron chi connectivity index (χ1n) is 5.96. The van der Waals surface area contributed by atoms with Gasteiger partial charge in [0.1, 0.15) is 0 Å². The first kappa shape index (κ1) is 13.0. The third kappa shape index (κ3) is 3.48. The molecule has 1 aromatic heterocycles. The van der Waals surface area contributed by atoms with E-state index in [0.29, 0.717) is 17.7 Å². The first-order chi connectivity index (χ1) is 9.16. The maximum atomic E-state index is 11.9. The van der Waals surface area contributed by atoms with Crippen molar-refractivity contribution in [3.63, 3.8) is 0 Å². The number of ketones is 1. The van der Waals surface area contributed by atoms with Crippen LogP contribution in [-0.4, -0.2) is 16.7 Å². The van der Waals surface area contributed by atoms with Crippen LogP contribution in [0.5, 0.6) is 0 Å². The first-order valence-corrected chi connectivity index (χ1v) is 5.96. The van der Waals surface area contributed by atoms with Crippen LogP contribution in [0, 0.1) is 0 Å².